The van der Waals surface area contributed by atoms with Crippen LogP contribution in [0.5, 0.6) is 0 Å². The topological polar surface area (TPSA) is 89.2 Å². The van der Waals surface area contributed by atoms with E-state index in [0.29, 0.717) is 27.7 Å². The van der Waals surface area contributed by atoms with Gasteiger partial charge in [0.1, 0.15) is 5.69 Å². The van der Waals surface area contributed by atoms with Gasteiger partial charge in [-0.15, -0.1) is 0 Å². The number of amides is 2. The lowest BCUT2D eigenvalue weighted by Gasteiger charge is -2.10. The summed E-state index contributed by atoms with van der Waals surface area (Å²) >= 11 is 6.02. The highest BCUT2D eigenvalue weighted by Gasteiger charge is 2.25. The Hall–Kier alpha value is -3.84. The normalized spacial score (nSPS) is 13.0. The number of carbonyl (C=O) groups excluding carboxylic acids is 2. The molecule has 1 aliphatic rings. The summed E-state index contributed by atoms with van der Waals surface area (Å²) in [5.41, 5.74) is 2.36. The summed E-state index contributed by atoms with van der Waals surface area (Å²) in [4.78, 5) is 25.6. The smallest absolute Gasteiger partial charge is 0.276 e. The monoisotopic (exact) mass is 446 g/mol. The highest BCUT2D eigenvalue weighted by atomic mass is 35.5. The van der Waals surface area contributed by atoms with Gasteiger partial charge in [-0.25, -0.2) is 4.68 Å². The van der Waals surface area contributed by atoms with Crippen LogP contribution in [0.3, 0.4) is 0 Å². The van der Waals surface area contributed by atoms with E-state index in [-0.39, 0.29) is 17.6 Å². The molecule has 7 nitrogen and oxygen atoms in total. The third kappa shape index (κ3) is 4.15. The zero-order chi connectivity index (χ0) is 22.1. The van der Waals surface area contributed by atoms with E-state index in [4.69, 9.17) is 16.0 Å². The minimum Gasteiger partial charge on any atom is -0.463 e. The quantitative estimate of drug-likeness (QED) is 0.439. The first-order chi connectivity index (χ1) is 15.6. The number of rotatable bonds is 6. The lowest BCUT2D eigenvalue weighted by Crippen LogP contribution is -2.27. The molecule has 32 heavy (non-hydrogen) atoms. The lowest BCUT2D eigenvalue weighted by molar-refractivity contribution is 0.0952. The van der Waals surface area contributed by atoms with Crippen molar-refractivity contribution >= 4 is 29.1 Å². The zero-order valence-corrected chi connectivity index (χ0v) is 17.7. The van der Waals surface area contributed by atoms with Gasteiger partial charge in [-0.2, -0.15) is 5.10 Å². The Morgan fingerprint density at radius 3 is 2.50 bits per heavy atom. The molecule has 0 atom stereocenters. The van der Waals surface area contributed by atoms with E-state index in [1.807, 2.05) is 0 Å². The highest BCUT2D eigenvalue weighted by Crippen LogP contribution is 2.26. The van der Waals surface area contributed by atoms with Gasteiger partial charge in [0.15, 0.2) is 11.5 Å². The summed E-state index contributed by atoms with van der Waals surface area (Å²) in [5, 5.41) is 10.9. The summed E-state index contributed by atoms with van der Waals surface area (Å²) < 4.78 is 7.16. The first kappa shape index (κ1) is 20.1. The number of hydrogen-bond donors (Lipinski definition) is 2. The molecule has 2 amide bonds. The minimum absolute atomic E-state index is 0.184. The van der Waals surface area contributed by atoms with Crippen LogP contribution in [0.4, 0.5) is 5.69 Å². The fourth-order valence-electron chi connectivity index (χ4n) is 3.34. The van der Waals surface area contributed by atoms with Crippen molar-refractivity contribution < 1.29 is 14.0 Å². The molecule has 2 heterocycles. The molecule has 1 saturated carbocycles. The van der Waals surface area contributed by atoms with Crippen LogP contribution in [-0.2, 0) is 0 Å². The minimum atomic E-state index is -0.433. The number of benzene rings is 2. The molecule has 0 aliphatic heterocycles. The van der Waals surface area contributed by atoms with E-state index >= 15 is 0 Å². The van der Waals surface area contributed by atoms with E-state index in [0.717, 1.165) is 18.5 Å². The van der Waals surface area contributed by atoms with Crippen LogP contribution in [0.15, 0.2) is 77.4 Å². The summed E-state index contributed by atoms with van der Waals surface area (Å²) in [6.07, 6.45) is 3.53. The molecule has 0 saturated heterocycles. The Morgan fingerprint density at radius 1 is 1.00 bits per heavy atom. The molecule has 5 rings (SSSR count). The van der Waals surface area contributed by atoms with Gasteiger partial charge >= 0.3 is 0 Å². The zero-order valence-electron chi connectivity index (χ0n) is 16.9. The van der Waals surface area contributed by atoms with Crippen molar-refractivity contribution in [2.75, 3.05) is 5.32 Å². The molecule has 0 spiro atoms. The Morgan fingerprint density at radius 2 is 1.78 bits per heavy atom. The molecule has 1 aliphatic carbocycles. The molecule has 2 N–H and O–H groups in total. The molecule has 160 valence electrons. The molecule has 0 unspecified atom stereocenters. The molecular formula is C24H19ClN4O3. The van der Waals surface area contributed by atoms with Crippen LogP contribution in [0.1, 0.15) is 33.7 Å². The molecule has 2 aromatic heterocycles. The predicted molar refractivity (Wildman–Crippen MR) is 121 cm³/mol. The second-order valence-electron chi connectivity index (χ2n) is 7.53. The Bertz CT molecular complexity index is 1280. The average Bonchev–Trinajstić information content (AvgIpc) is 3.26. The van der Waals surface area contributed by atoms with Crippen LogP contribution in [0.2, 0.25) is 5.02 Å². The number of para-hydroxylation sites is 1. The highest BCUT2D eigenvalue weighted by molar-refractivity contribution is 6.30. The number of nitrogens with one attached hydrogen (secondary N) is 2. The van der Waals surface area contributed by atoms with Crippen molar-refractivity contribution in [3.8, 4) is 17.1 Å². The van der Waals surface area contributed by atoms with Crippen molar-refractivity contribution in [1.29, 1.82) is 0 Å². The molecular weight excluding hydrogens is 428 g/mol. The average molecular weight is 447 g/mol. The number of aromatic nitrogens is 2. The SMILES string of the molecule is O=C(Nc1ccccc1C(=O)NC1CC1)c1cc(-c2ccco2)n(-c2ccc(Cl)cc2)n1. The van der Waals surface area contributed by atoms with Gasteiger partial charge in [0.25, 0.3) is 11.8 Å². The molecule has 4 aromatic rings. The Balaban J connectivity index is 1.46. The number of anilines is 1. The maximum atomic E-state index is 13.1. The summed E-state index contributed by atoms with van der Waals surface area (Å²) in [7, 11) is 0. The van der Waals surface area contributed by atoms with Gasteiger partial charge in [-0.3, -0.25) is 9.59 Å². The molecule has 2 aromatic carbocycles. The van der Waals surface area contributed by atoms with E-state index in [2.05, 4.69) is 15.7 Å². The van der Waals surface area contributed by atoms with Gasteiger partial charge in [0.2, 0.25) is 0 Å². The van der Waals surface area contributed by atoms with Crippen LogP contribution in [0.25, 0.3) is 17.1 Å². The maximum Gasteiger partial charge on any atom is 0.276 e. The van der Waals surface area contributed by atoms with E-state index in [9.17, 15) is 9.59 Å². The first-order valence-electron chi connectivity index (χ1n) is 10.2. The predicted octanol–water partition coefficient (Wildman–Crippen LogP) is 4.93. The van der Waals surface area contributed by atoms with Crippen molar-refractivity contribution in [2.45, 2.75) is 18.9 Å². The molecule has 0 radical (unpaired) electrons. The van der Waals surface area contributed by atoms with Crippen molar-refractivity contribution in [3.63, 3.8) is 0 Å². The van der Waals surface area contributed by atoms with Crippen LogP contribution in [0, 0.1) is 0 Å². The fraction of sp³-hybridized carbons (Fsp3) is 0.125. The lowest BCUT2D eigenvalue weighted by atomic mass is 10.1. The van der Waals surface area contributed by atoms with Crippen molar-refractivity contribution in [1.82, 2.24) is 15.1 Å². The van der Waals surface area contributed by atoms with Gasteiger partial charge in [-0.1, -0.05) is 23.7 Å². The summed E-state index contributed by atoms with van der Waals surface area (Å²) in [6, 6.07) is 19.5. The van der Waals surface area contributed by atoms with E-state index in [1.165, 1.54) is 0 Å². The van der Waals surface area contributed by atoms with E-state index < -0.39 is 5.91 Å². The van der Waals surface area contributed by atoms with Gasteiger partial charge in [-0.05, 0) is 61.4 Å². The third-order valence-electron chi connectivity index (χ3n) is 5.12. The molecule has 8 heteroatoms. The fourth-order valence-corrected chi connectivity index (χ4v) is 3.46. The summed E-state index contributed by atoms with van der Waals surface area (Å²) in [5.74, 6) is -0.0701. The van der Waals surface area contributed by atoms with Gasteiger partial charge in [0, 0.05) is 17.1 Å². The van der Waals surface area contributed by atoms with Crippen LogP contribution in [-0.4, -0.2) is 27.6 Å². The maximum absolute atomic E-state index is 13.1. The largest absolute Gasteiger partial charge is 0.463 e. The molecule has 1 fully saturated rings. The number of hydrogen-bond acceptors (Lipinski definition) is 4. The Labute approximate surface area is 189 Å². The number of halogens is 1. The van der Waals surface area contributed by atoms with Gasteiger partial charge < -0.3 is 15.1 Å². The standard InChI is InChI=1S/C24H19ClN4O3/c25-15-7-11-17(12-8-15)29-21(22-6-3-13-32-22)14-20(28-29)24(31)27-19-5-2-1-4-18(19)23(30)26-16-9-10-16/h1-8,11-14,16H,9-10H2,(H,26,30)(H,27,31). The Kier molecular flexibility index (Phi) is 5.25. The van der Waals surface area contributed by atoms with Gasteiger partial charge in [0.05, 0.1) is 23.2 Å². The van der Waals surface area contributed by atoms with Crippen LogP contribution < -0.4 is 10.6 Å². The first-order valence-corrected chi connectivity index (χ1v) is 10.6. The number of nitrogens with zero attached hydrogens (tertiary/aromatic N) is 2. The molecule has 0 bridgehead atoms. The van der Waals surface area contributed by atoms with Crippen LogP contribution >= 0.6 is 11.6 Å². The number of carbonyl (C=O) groups is 2. The number of furan rings is 1. The third-order valence-corrected chi connectivity index (χ3v) is 5.37. The summed E-state index contributed by atoms with van der Waals surface area (Å²) in [6.45, 7) is 0. The second kappa shape index (κ2) is 8.36. The second-order valence-corrected chi connectivity index (χ2v) is 7.96. The van der Waals surface area contributed by atoms with Crippen molar-refractivity contribution in [2.24, 2.45) is 0 Å². The van der Waals surface area contributed by atoms with Crippen molar-refractivity contribution in [3.05, 3.63) is 89.3 Å². The van der Waals surface area contributed by atoms with E-state index in [1.54, 1.807) is 77.7 Å².